The minimum absolute atomic E-state index is 0.176. The first-order valence-electron chi connectivity index (χ1n) is 5.78. The zero-order valence-electron chi connectivity index (χ0n) is 11.1. The standard InChI is InChI=1S/C14H16N2O3/c1-9-6-10(15)7-14(17)16(9)11-4-5-12(18-2)13(8-11)19-3/h4-8H,15H2,1-3H3. The van der Waals surface area contributed by atoms with Crippen molar-refractivity contribution in [2.24, 2.45) is 0 Å². The number of nitrogen functional groups attached to an aromatic ring is 1. The number of rotatable bonds is 3. The van der Waals surface area contributed by atoms with E-state index in [0.717, 1.165) is 5.69 Å². The van der Waals surface area contributed by atoms with Crippen molar-refractivity contribution >= 4 is 5.69 Å². The van der Waals surface area contributed by atoms with Crippen molar-refractivity contribution in [1.29, 1.82) is 0 Å². The van der Waals surface area contributed by atoms with Crippen LogP contribution in [0, 0.1) is 6.92 Å². The molecule has 19 heavy (non-hydrogen) atoms. The molecule has 0 radical (unpaired) electrons. The lowest BCUT2D eigenvalue weighted by Crippen LogP contribution is -2.20. The normalized spacial score (nSPS) is 10.3. The molecule has 1 heterocycles. The molecule has 0 spiro atoms. The number of nitrogens with two attached hydrogens (primary N) is 1. The zero-order chi connectivity index (χ0) is 14.0. The molecule has 2 N–H and O–H groups in total. The molecule has 2 aromatic rings. The molecule has 0 atom stereocenters. The summed E-state index contributed by atoms with van der Waals surface area (Å²) in [6, 6.07) is 8.45. The lowest BCUT2D eigenvalue weighted by Gasteiger charge is -2.13. The Hall–Kier alpha value is -2.43. The molecule has 0 saturated carbocycles. The first-order chi connectivity index (χ1) is 9.06. The van der Waals surface area contributed by atoms with Crippen molar-refractivity contribution in [1.82, 2.24) is 4.57 Å². The van der Waals surface area contributed by atoms with Crippen molar-refractivity contribution in [3.63, 3.8) is 0 Å². The molecular formula is C14H16N2O3. The van der Waals surface area contributed by atoms with Crippen molar-refractivity contribution in [2.45, 2.75) is 6.92 Å². The third-order valence-corrected chi connectivity index (χ3v) is 2.86. The van der Waals surface area contributed by atoms with E-state index in [0.29, 0.717) is 22.9 Å². The van der Waals surface area contributed by atoms with Crippen LogP contribution in [0.2, 0.25) is 0 Å². The monoisotopic (exact) mass is 260 g/mol. The number of benzene rings is 1. The van der Waals surface area contributed by atoms with E-state index in [4.69, 9.17) is 15.2 Å². The summed E-state index contributed by atoms with van der Waals surface area (Å²) < 4.78 is 12.0. The highest BCUT2D eigenvalue weighted by molar-refractivity contribution is 5.50. The third kappa shape index (κ3) is 2.40. The quantitative estimate of drug-likeness (QED) is 0.913. The van der Waals surface area contributed by atoms with Gasteiger partial charge in [0.15, 0.2) is 11.5 Å². The predicted octanol–water partition coefficient (Wildman–Crippen LogP) is 1.75. The molecule has 0 aliphatic heterocycles. The Morgan fingerprint density at radius 3 is 2.32 bits per heavy atom. The predicted molar refractivity (Wildman–Crippen MR) is 74.3 cm³/mol. The third-order valence-electron chi connectivity index (χ3n) is 2.86. The van der Waals surface area contributed by atoms with Gasteiger partial charge in [-0.3, -0.25) is 9.36 Å². The van der Waals surface area contributed by atoms with Gasteiger partial charge in [0, 0.05) is 23.5 Å². The molecule has 100 valence electrons. The maximum absolute atomic E-state index is 12.0. The SMILES string of the molecule is COc1ccc(-n2c(C)cc(N)cc2=O)cc1OC. The van der Waals surface area contributed by atoms with Crippen LogP contribution in [-0.4, -0.2) is 18.8 Å². The lowest BCUT2D eigenvalue weighted by molar-refractivity contribution is 0.355. The van der Waals surface area contributed by atoms with E-state index >= 15 is 0 Å². The lowest BCUT2D eigenvalue weighted by atomic mass is 10.2. The second-order valence-corrected chi connectivity index (χ2v) is 4.14. The average molecular weight is 260 g/mol. The van der Waals surface area contributed by atoms with Crippen molar-refractivity contribution in [3.05, 3.63) is 46.4 Å². The van der Waals surface area contributed by atoms with Gasteiger partial charge in [-0.2, -0.15) is 0 Å². The van der Waals surface area contributed by atoms with E-state index in [9.17, 15) is 4.79 Å². The van der Waals surface area contributed by atoms with Gasteiger partial charge in [0.05, 0.1) is 19.9 Å². The second-order valence-electron chi connectivity index (χ2n) is 4.14. The van der Waals surface area contributed by atoms with Gasteiger partial charge in [0.25, 0.3) is 5.56 Å². The van der Waals surface area contributed by atoms with Gasteiger partial charge >= 0.3 is 0 Å². The van der Waals surface area contributed by atoms with Gasteiger partial charge in [-0.1, -0.05) is 0 Å². The number of pyridine rings is 1. The topological polar surface area (TPSA) is 66.5 Å². The summed E-state index contributed by atoms with van der Waals surface area (Å²) in [7, 11) is 3.12. The fourth-order valence-electron chi connectivity index (χ4n) is 2.02. The second kappa shape index (κ2) is 5.06. The van der Waals surface area contributed by atoms with Gasteiger partial charge in [0.2, 0.25) is 0 Å². The molecule has 0 bridgehead atoms. The summed E-state index contributed by atoms with van der Waals surface area (Å²) in [5.74, 6) is 1.19. The maximum Gasteiger partial charge on any atom is 0.257 e. The summed E-state index contributed by atoms with van der Waals surface area (Å²) in [6.07, 6.45) is 0. The van der Waals surface area contributed by atoms with Crippen LogP contribution in [0.15, 0.2) is 35.1 Å². The van der Waals surface area contributed by atoms with Crippen molar-refractivity contribution in [3.8, 4) is 17.2 Å². The van der Waals surface area contributed by atoms with Gasteiger partial charge in [-0.15, -0.1) is 0 Å². The molecule has 5 nitrogen and oxygen atoms in total. The summed E-state index contributed by atoms with van der Waals surface area (Å²) in [5.41, 5.74) is 7.40. The first kappa shape index (κ1) is 13.0. The Labute approximate surface area is 111 Å². The fraction of sp³-hybridized carbons (Fsp3) is 0.214. The molecular weight excluding hydrogens is 244 g/mol. The van der Waals surface area contributed by atoms with Crippen LogP contribution < -0.4 is 20.8 Å². The van der Waals surface area contributed by atoms with E-state index in [1.54, 1.807) is 43.1 Å². The highest BCUT2D eigenvalue weighted by Gasteiger charge is 2.09. The van der Waals surface area contributed by atoms with E-state index in [1.165, 1.54) is 6.07 Å². The number of aromatic nitrogens is 1. The average Bonchev–Trinajstić information content (AvgIpc) is 2.37. The molecule has 1 aromatic carbocycles. The Morgan fingerprint density at radius 1 is 1.05 bits per heavy atom. The van der Waals surface area contributed by atoms with Crippen LogP contribution in [0.4, 0.5) is 5.69 Å². The summed E-state index contributed by atoms with van der Waals surface area (Å²) in [5, 5.41) is 0. The Bertz CT molecular complexity index is 662. The number of aryl methyl sites for hydroxylation is 1. The van der Waals surface area contributed by atoms with Gasteiger partial charge in [-0.05, 0) is 25.1 Å². The molecule has 0 unspecified atom stereocenters. The van der Waals surface area contributed by atoms with Crippen LogP contribution >= 0.6 is 0 Å². The van der Waals surface area contributed by atoms with E-state index in [2.05, 4.69) is 0 Å². The molecule has 5 heteroatoms. The number of nitrogens with zero attached hydrogens (tertiary/aromatic N) is 1. The zero-order valence-corrected chi connectivity index (χ0v) is 11.1. The van der Waals surface area contributed by atoms with Crippen molar-refractivity contribution in [2.75, 3.05) is 20.0 Å². The highest BCUT2D eigenvalue weighted by atomic mass is 16.5. The summed E-state index contributed by atoms with van der Waals surface area (Å²) in [6.45, 7) is 1.83. The van der Waals surface area contributed by atoms with Crippen LogP contribution in [0.1, 0.15) is 5.69 Å². The Balaban J connectivity index is 2.63. The molecule has 0 aliphatic rings. The highest BCUT2D eigenvalue weighted by Crippen LogP contribution is 2.29. The van der Waals surface area contributed by atoms with Gasteiger partial charge in [0.1, 0.15) is 0 Å². The maximum atomic E-state index is 12.0. The van der Waals surface area contributed by atoms with Gasteiger partial charge in [-0.25, -0.2) is 0 Å². The summed E-state index contributed by atoms with van der Waals surface area (Å²) >= 11 is 0. The first-order valence-corrected chi connectivity index (χ1v) is 5.78. The van der Waals surface area contributed by atoms with E-state index in [1.807, 2.05) is 6.92 Å². The Morgan fingerprint density at radius 2 is 1.74 bits per heavy atom. The number of hydrogen-bond donors (Lipinski definition) is 1. The van der Waals surface area contributed by atoms with E-state index < -0.39 is 0 Å². The number of ether oxygens (including phenoxy) is 2. The molecule has 0 aliphatic carbocycles. The largest absolute Gasteiger partial charge is 0.493 e. The molecule has 0 saturated heterocycles. The van der Waals surface area contributed by atoms with Crippen LogP contribution in [0.5, 0.6) is 11.5 Å². The molecule has 0 amide bonds. The van der Waals surface area contributed by atoms with Crippen molar-refractivity contribution < 1.29 is 9.47 Å². The minimum atomic E-state index is -0.176. The van der Waals surface area contributed by atoms with Gasteiger partial charge < -0.3 is 15.2 Å². The smallest absolute Gasteiger partial charge is 0.257 e. The van der Waals surface area contributed by atoms with Crippen LogP contribution in [0.3, 0.4) is 0 Å². The van der Waals surface area contributed by atoms with E-state index in [-0.39, 0.29) is 5.56 Å². The molecule has 1 aromatic heterocycles. The summed E-state index contributed by atoms with van der Waals surface area (Å²) in [4.78, 5) is 12.0. The van der Waals surface area contributed by atoms with Crippen LogP contribution in [-0.2, 0) is 0 Å². The fourth-order valence-corrected chi connectivity index (χ4v) is 2.02. The minimum Gasteiger partial charge on any atom is -0.493 e. The number of methoxy groups -OCH3 is 2. The molecule has 0 fully saturated rings. The number of anilines is 1. The molecule has 2 rings (SSSR count). The van der Waals surface area contributed by atoms with Crippen LogP contribution in [0.25, 0.3) is 5.69 Å². The number of hydrogen-bond acceptors (Lipinski definition) is 4. The Kier molecular flexibility index (Phi) is 3.46.